The molecule has 2 aromatic heterocycles. The summed E-state index contributed by atoms with van der Waals surface area (Å²) in [6.07, 6.45) is 5.77. The zero-order valence-corrected chi connectivity index (χ0v) is 17.5. The fraction of sp³-hybridized carbons (Fsp3) is 0.318. The van der Waals surface area contributed by atoms with Gasteiger partial charge in [-0.1, -0.05) is 0 Å². The van der Waals surface area contributed by atoms with E-state index in [1.54, 1.807) is 37.7 Å². The quantitative estimate of drug-likeness (QED) is 0.564. The van der Waals surface area contributed by atoms with Gasteiger partial charge < -0.3 is 25.7 Å². The molecule has 9 heteroatoms. The average Bonchev–Trinajstić information content (AvgIpc) is 3.28. The van der Waals surface area contributed by atoms with Gasteiger partial charge >= 0.3 is 0 Å². The van der Waals surface area contributed by atoms with Crippen LogP contribution < -0.4 is 25.7 Å². The van der Waals surface area contributed by atoms with Gasteiger partial charge in [-0.3, -0.25) is 4.90 Å². The molecule has 1 fully saturated rings. The molecular formula is C22H26N6O3. The zero-order valence-electron chi connectivity index (χ0n) is 17.5. The van der Waals surface area contributed by atoms with Crippen LogP contribution in [0.25, 0.3) is 11.1 Å². The summed E-state index contributed by atoms with van der Waals surface area (Å²) in [4.78, 5) is 14.7. The predicted molar refractivity (Wildman–Crippen MR) is 118 cm³/mol. The molecule has 0 saturated carbocycles. The van der Waals surface area contributed by atoms with Gasteiger partial charge in [0.2, 0.25) is 11.8 Å². The van der Waals surface area contributed by atoms with Gasteiger partial charge in [-0.2, -0.15) is 4.98 Å². The number of aromatic nitrogens is 3. The van der Waals surface area contributed by atoms with Crippen molar-refractivity contribution in [3.05, 3.63) is 42.7 Å². The Morgan fingerprint density at radius 2 is 1.81 bits per heavy atom. The first-order chi connectivity index (χ1) is 15.1. The summed E-state index contributed by atoms with van der Waals surface area (Å²) < 4.78 is 17.3. The van der Waals surface area contributed by atoms with Gasteiger partial charge in [0.25, 0.3) is 0 Å². The molecule has 31 heavy (non-hydrogen) atoms. The predicted octanol–water partition coefficient (Wildman–Crippen LogP) is 2.98. The molecular weight excluding hydrogens is 396 g/mol. The Bertz CT molecular complexity index is 1040. The highest BCUT2D eigenvalue weighted by atomic mass is 16.5. The highest BCUT2D eigenvalue weighted by molar-refractivity contribution is 5.79. The van der Waals surface area contributed by atoms with Crippen LogP contribution in [0.3, 0.4) is 0 Å². The standard InChI is InChI=1S/C22H26N6O3/c1-29-19-12-15(4-5-17(19)18-14-26-22(24)27-21(18)23)31-16-6-7-25-20(13-16)30-11-10-28-8-2-3-9-28/h4-7,12-14H,2-3,8-11H2,1H3,(H4,23,24,26,27). The second-order valence-corrected chi connectivity index (χ2v) is 7.22. The SMILES string of the molecule is COc1cc(Oc2ccnc(OCCN3CCCC3)c2)ccc1-c1cnc(N)nc1N. The lowest BCUT2D eigenvalue weighted by Gasteiger charge is -2.15. The number of ether oxygens (including phenoxy) is 3. The fourth-order valence-electron chi connectivity index (χ4n) is 3.53. The summed E-state index contributed by atoms with van der Waals surface area (Å²) in [6, 6.07) is 8.99. The van der Waals surface area contributed by atoms with Crippen molar-refractivity contribution in [3.8, 4) is 34.3 Å². The third-order valence-electron chi connectivity index (χ3n) is 5.10. The van der Waals surface area contributed by atoms with Crippen LogP contribution in [-0.4, -0.2) is 53.2 Å². The maximum atomic E-state index is 5.99. The molecule has 9 nitrogen and oxygen atoms in total. The largest absolute Gasteiger partial charge is 0.496 e. The van der Waals surface area contributed by atoms with Gasteiger partial charge in [-0.15, -0.1) is 0 Å². The number of nitrogens with zero attached hydrogens (tertiary/aromatic N) is 4. The molecule has 1 aliphatic rings. The minimum Gasteiger partial charge on any atom is -0.496 e. The number of anilines is 2. The molecule has 3 aromatic rings. The fourth-order valence-corrected chi connectivity index (χ4v) is 3.53. The molecule has 3 heterocycles. The van der Waals surface area contributed by atoms with Crippen molar-refractivity contribution in [1.29, 1.82) is 0 Å². The summed E-state index contributed by atoms with van der Waals surface area (Å²) in [5, 5.41) is 0. The highest BCUT2D eigenvalue weighted by Crippen LogP contribution is 2.36. The average molecular weight is 422 g/mol. The lowest BCUT2D eigenvalue weighted by molar-refractivity contribution is 0.231. The van der Waals surface area contributed by atoms with Crippen molar-refractivity contribution < 1.29 is 14.2 Å². The first-order valence-corrected chi connectivity index (χ1v) is 10.2. The lowest BCUT2D eigenvalue weighted by atomic mass is 10.1. The van der Waals surface area contributed by atoms with Crippen molar-refractivity contribution in [1.82, 2.24) is 19.9 Å². The van der Waals surface area contributed by atoms with Gasteiger partial charge in [-0.05, 0) is 44.1 Å². The van der Waals surface area contributed by atoms with E-state index in [4.69, 9.17) is 25.7 Å². The smallest absolute Gasteiger partial charge is 0.221 e. The van der Waals surface area contributed by atoms with Gasteiger partial charge in [0.1, 0.15) is 29.7 Å². The van der Waals surface area contributed by atoms with E-state index in [1.807, 2.05) is 12.1 Å². The summed E-state index contributed by atoms with van der Waals surface area (Å²) >= 11 is 0. The number of methoxy groups -OCH3 is 1. The van der Waals surface area contributed by atoms with E-state index in [1.165, 1.54) is 12.8 Å². The number of likely N-dealkylation sites (tertiary alicyclic amines) is 1. The minimum absolute atomic E-state index is 0.122. The van der Waals surface area contributed by atoms with E-state index < -0.39 is 0 Å². The topological polar surface area (TPSA) is 122 Å². The van der Waals surface area contributed by atoms with Crippen molar-refractivity contribution >= 4 is 11.8 Å². The molecule has 0 spiro atoms. The van der Waals surface area contributed by atoms with Crippen molar-refractivity contribution in [2.75, 3.05) is 44.8 Å². The van der Waals surface area contributed by atoms with Crippen LogP contribution in [0, 0.1) is 0 Å². The summed E-state index contributed by atoms with van der Waals surface area (Å²) in [6.45, 7) is 3.80. The summed E-state index contributed by atoms with van der Waals surface area (Å²) in [5.74, 6) is 2.74. The summed E-state index contributed by atoms with van der Waals surface area (Å²) in [5.41, 5.74) is 13.0. The van der Waals surface area contributed by atoms with Crippen LogP contribution in [0.2, 0.25) is 0 Å². The molecule has 0 radical (unpaired) electrons. The van der Waals surface area contributed by atoms with Crippen LogP contribution in [-0.2, 0) is 0 Å². The maximum Gasteiger partial charge on any atom is 0.221 e. The third kappa shape index (κ3) is 5.13. The molecule has 1 saturated heterocycles. The van der Waals surface area contributed by atoms with Crippen LogP contribution in [0.1, 0.15) is 12.8 Å². The molecule has 4 rings (SSSR count). The first-order valence-electron chi connectivity index (χ1n) is 10.2. The highest BCUT2D eigenvalue weighted by Gasteiger charge is 2.14. The molecule has 0 amide bonds. The Labute approximate surface area is 181 Å². The molecule has 0 atom stereocenters. The Balaban J connectivity index is 1.45. The van der Waals surface area contributed by atoms with Crippen LogP contribution in [0.4, 0.5) is 11.8 Å². The van der Waals surface area contributed by atoms with Gasteiger partial charge in [0.15, 0.2) is 0 Å². The molecule has 1 aliphatic heterocycles. The summed E-state index contributed by atoms with van der Waals surface area (Å²) in [7, 11) is 1.58. The lowest BCUT2D eigenvalue weighted by Crippen LogP contribution is -2.25. The molecule has 1 aromatic carbocycles. The zero-order chi connectivity index (χ0) is 21.6. The van der Waals surface area contributed by atoms with Crippen molar-refractivity contribution in [2.45, 2.75) is 12.8 Å². The molecule has 4 N–H and O–H groups in total. The number of rotatable bonds is 8. The van der Waals surface area contributed by atoms with E-state index in [2.05, 4.69) is 19.9 Å². The van der Waals surface area contributed by atoms with E-state index in [-0.39, 0.29) is 11.8 Å². The van der Waals surface area contributed by atoms with Crippen molar-refractivity contribution in [3.63, 3.8) is 0 Å². The number of nitrogens with two attached hydrogens (primary N) is 2. The number of hydrogen-bond donors (Lipinski definition) is 2. The Hall–Kier alpha value is -3.59. The monoisotopic (exact) mass is 422 g/mol. The first kappa shape index (κ1) is 20.7. The second kappa shape index (κ2) is 9.48. The molecule has 0 bridgehead atoms. The van der Waals surface area contributed by atoms with E-state index in [0.29, 0.717) is 35.3 Å². The Morgan fingerprint density at radius 3 is 2.58 bits per heavy atom. The van der Waals surface area contributed by atoms with Crippen LogP contribution in [0.5, 0.6) is 23.1 Å². The molecule has 0 aliphatic carbocycles. The van der Waals surface area contributed by atoms with E-state index >= 15 is 0 Å². The maximum absolute atomic E-state index is 5.99. The number of hydrogen-bond acceptors (Lipinski definition) is 9. The Kier molecular flexibility index (Phi) is 6.32. The number of pyridine rings is 1. The van der Waals surface area contributed by atoms with Gasteiger partial charge in [0.05, 0.1) is 7.11 Å². The van der Waals surface area contributed by atoms with Gasteiger partial charge in [-0.25, -0.2) is 9.97 Å². The second-order valence-electron chi connectivity index (χ2n) is 7.22. The van der Waals surface area contributed by atoms with Crippen LogP contribution >= 0.6 is 0 Å². The van der Waals surface area contributed by atoms with Gasteiger partial charge in [0, 0.05) is 42.2 Å². The molecule has 0 unspecified atom stereocenters. The van der Waals surface area contributed by atoms with E-state index in [9.17, 15) is 0 Å². The van der Waals surface area contributed by atoms with Crippen molar-refractivity contribution in [2.24, 2.45) is 0 Å². The third-order valence-corrected chi connectivity index (χ3v) is 5.10. The Morgan fingerprint density at radius 1 is 1.00 bits per heavy atom. The number of benzene rings is 1. The van der Waals surface area contributed by atoms with Crippen LogP contribution in [0.15, 0.2) is 42.7 Å². The normalized spacial score (nSPS) is 13.8. The van der Waals surface area contributed by atoms with E-state index in [0.717, 1.165) is 25.2 Å². The molecule has 162 valence electrons. The minimum atomic E-state index is 0.122. The number of nitrogen functional groups attached to an aromatic ring is 2.